The second-order valence-corrected chi connectivity index (χ2v) is 3.53. The Bertz CT molecular complexity index is 354. The Morgan fingerprint density at radius 1 is 1.62 bits per heavy atom. The van der Waals surface area contributed by atoms with Crippen molar-refractivity contribution < 1.29 is 4.92 Å². The monoisotopic (exact) mass is 263 g/mol. The van der Waals surface area contributed by atoms with Crippen molar-refractivity contribution in [3.63, 3.8) is 0 Å². The summed E-state index contributed by atoms with van der Waals surface area (Å²) in [7, 11) is 0. The molecule has 0 radical (unpaired) electrons. The van der Waals surface area contributed by atoms with Crippen LogP contribution in [0.5, 0.6) is 0 Å². The van der Waals surface area contributed by atoms with Crippen LogP contribution in [0.15, 0.2) is 12.1 Å². The zero-order valence-electron chi connectivity index (χ0n) is 6.88. The van der Waals surface area contributed by atoms with Crippen LogP contribution in [-0.2, 0) is 5.33 Å². The van der Waals surface area contributed by atoms with Gasteiger partial charge in [-0.05, 0) is 18.6 Å². The average molecular weight is 265 g/mol. The Balaban J connectivity index is 3.38. The molecule has 1 aromatic rings. The lowest BCUT2D eigenvalue weighted by Crippen LogP contribution is -1.96. The van der Waals surface area contributed by atoms with Crippen LogP contribution < -0.4 is 0 Å². The minimum atomic E-state index is -0.403. The summed E-state index contributed by atoms with van der Waals surface area (Å²) in [6.07, 6.45) is 0. The molecule has 0 heterocycles. The van der Waals surface area contributed by atoms with Crippen molar-refractivity contribution in [2.45, 2.75) is 12.3 Å². The van der Waals surface area contributed by atoms with E-state index in [4.69, 9.17) is 11.6 Å². The number of hydrogen-bond donors (Lipinski definition) is 0. The summed E-state index contributed by atoms with van der Waals surface area (Å²) < 4.78 is 0. The second kappa shape index (κ2) is 4.07. The van der Waals surface area contributed by atoms with Crippen LogP contribution >= 0.6 is 27.5 Å². The fraction of sp³-hybridized carbons (Fsp3) is 0.250. The number of hydrogen-bond acceptors (Lipinski definition) is 2. The maximum absolute atomic E-state index is 10.6. The van der Waals surface area contributed by atoms with Gasteiger partial charge < -0.3 is 0 Å². The summed E-state index contributed by atoms with van der Waals surface area (Å²) in [6, 6.07) is 2.97. The number of alkyl halides is 1. The van der Waals surface area contributed by atoms with Gasteiger partial charge in [0.1, 0.15) is 0 Å². The molecule has 0 spiro atoms. The van der Waals surface area contributed by atoms with Gasteiger partial charge in [0.25, 0.3) is 5.69 Å². The first-order chi connectivity index (χ1) is 6.07. The minimum Gasteiger partial charge on any atom is -0.258 e. The first-order valence-corrected chi connectivity index (χ1v) is 5.06. The van der Waals surface area contributed by atoms with Crippen LogP contribution in [0.4, 0.5) is 5.69 Å². The standard InChI is InChI=1S/C8H7BrClNO2/c1-5-6(4-9)8(11(12)13)3-2-7(5)10/h2-3H,4H2,1H3. The predicted molar refractivity (Wildman–Crippen MR) is 55.5 cm³/mol. The summed E-state index contributed by atoms with van der Waals surface area (Å²) in [6.45, 7) is 1.77. The highest BCUT2D eigenvalue weighted by molar-refractivity contribution is 9.08. The molecule has 0 unspecified atom stereocenters. The molecule has 0 saturated heterocycles. The third-order valence-electron chi connectivity index (χ3n) is 1.84. The van der Waals surface area contributed by atoms with Gasteiger partial charge in [-0.15, -0.1) is 0 Å². The van der Waals surface area contributed by atoms with Crippen LogP contribution in [0.25, 0.3) is 0 Å². The number of nitrogens with zero attached hydrogens (tertiary/aromatic N) is 1. The molecular weight excluding hydrogens is 257 g/mol. The van der Waals surface area contributed by atoms with Crippen LogP contribution in [0.2, 0.25) is 5.02 Å². The van der Waals surface area contributed by atoms with Crippen LogP contribution in [0.1, 0.15) is 11.1 Å². The zero-order chi connectivity index (χ0) is 10.0. The summed E-state index contributed by atoms with van der Waals surface area (Å²) in [4.78, 5) is 10.2. The van der Waals surface area contributed by atoms with Gasteiger partial charge in [-0.3, -0.25) is 10.1 Å². The SMILES string of the molecule is Cc1c(Cl)ccc([N+](=O)[O-])c1CBr. The second-order valence-electron chi connectivity index (χ2n) is 2.56. The molecule has 0 aliphatic heterocycles. The van der Waals surface area contributed by atoms with Crippen molar-refractivity contribution in [3.05, 3.63) is 38.4 Å². The molecule has 70 valence electrons. The molecule has 0 N–H and O–H groups in total. The van der Waals surface area contributed by atoms with E-state index in [2.05, 4.69) is 15.9 Å². The summed E-state index contributed by atoms with van der Waals surface area (Å²) in [5.74, 6) is 0. The van der Waals surface area contributed by atoms with Crippen LogP contribution in [-0.4, -0.2) is 4.92 Å². The van der Waals surface area contributed by atoms with Crippen molar-refractivity contribution in [1.82, 2.24) is 0 Å². The Kier molecular flexibility index (Phi) is 3.27. The van der Waals surface area contributed by atoms with Gasteiger partial charge in [0.05, 0.1) is 4.92 Å². The Morgan fingerprint density at radius 3 is 2.69 bits per heavy atom. The first kappa shape index (κ1) is 10.5. The average Bonchev–Trinajstić information content (AvgIpc) is 2.09. The molecule has 0 aliphatic carbocycles. The Morgan fingerprint density at radius 2 is 2.23 bits per heavy atom. The predicted octanol–water partition coefficient (Wildman–Crippen LogP) is 3.45. The lowest BCUT2D eigenvalue weighted by molar-refractivity contribution is -0.385. The largest absolute Gasteiger partial charge is 0.273 e. The zero-order valence-corrected chi connectivity index (χ0v) is 9.22. The molecule has 1 rings (SSSR count). The van der Waals surface area contributed by atoms with Crippen molar-refractivity contribution in [2.24, 2.45) is 0 Å². The van der Waals surface area contributed by atoms with Crippen molar-refractivity contribution in [3.8, 4) is 0 Å². The van der Waals surface area contributed by atoms with Crippen molar-refractivity contribution in [2.75, 3.05) is 0 Å². The smallest absolute Gasteiger partial charge is 0.258 e. The molecule has 0 saturated carbocycles. The highest BCUT2D eigenvalue weighted by atomic mass is 79.9. The van der Waals surface area contributed by atoms with Gasteiger partial charge in [-0.1, -0.05) is 27.5 Å². The molecule has 0 aromatic heterocycles. The third-order valence-corrected chi connectivity index (χ3v) is 2.81. The first-order valence-electron chi connectivity index (χ1n) is 3.56. The maximum atomic E-state index is 10.6. The van der Waals surface area contributed by atoms with E-state index in [0.29, 0.717) is 15.9 Å². The lowest BCUT2D eigenvalue weighted by Gasteiger charge is -2.04. The van der Waals surface area contributed by atoms with Gasteiger partial charge in [-0.2, -0.15) is 0 Å². The Labute approximate surface area is 89.0 Å². The molecule has 0 atom stereocenters. The number of rotatable bonds is 2. The van der Waals surface area contributed by atoms with E-state index in [-0.39, 0.29) is 5.69 Å². The molecule has 5 heteroatoms. The van der Waals surface area contributed by atoms with Gasteiger partial charge in [-0.25, -0.2) is 0 Å². The molecule has 13 heavy (non-hydrogen) atoms. The highest BCUT2D eigenvalue weighted by Gasteiger charge is 2.16. The summed E-state index contributed by atoms with van der Waals surface area (Å²) in [5.41, 5.74) is 1.50. The number of benzene rings is 1. The minimum absolute atomic E-state index is 0.110. The van der Waals surface area contributed by atoms with E-state index in [1.807, 2.05) is 0 Å². The van der Waals surface area contributed by atoms with Gasteiger partial charge >= 0.3 is 0 Å². The van der Waals surface area contributed by atoms with E-state index in [1.54, 1.807) is 13.0 Å². The molecule has 0 amide bonds. The normalized spacial score (nSPS) is 10.1. The molecule has 1 aromatic carbocycles. The fourth-order valence-electron chi connectivity index (χ4n) is 1.05. The van der Waals surface area contributed by atoms with E-state index in [0.717, 1.165) is 5.56 Å². The summed E-state index contributed by atoms with van der Waals surface area (Å²) >= 11 is 9.02. The number of nitro benzene ring substituents is 1. The summed E-state index contributed by atoms with van der Waals surface area (Å²) in [5, 5.41) is 11.6. The van der Waals surface area contributed by atoms with E-state index in [1.165, 1.54) is 6.07 Å². The molecular formula is C8H7BrClNO2. The maximum Gasteiger partial charge on any atom is 0.273 e. The van der Waals surface area contributed by atoms with E-state index < -0.39 is 4.92 Å². The van der Waals surface area contributed by atoms with E-state index in [9.17, 15) is 10.1 Å². The van der Waals surface area contributed by atoms with Gasteiger partial charge in [0.2, 0.25) is 0 Å². The van der Waals surface area contributed by atoms with Gasteiger partial charge in [0.15, 0.2) is 0 Å². The molecule has 0 bridgehead atoms. The number of halogens is 2. The fourth-order valence-corrected chi connectivity index (χ4v) is 1.94. The van der Waals surface area contributed by atoms with Gasteiger partial charge in [0, 0.05) is 22.0 Å². The van der Waals surface area contributed by atoms with Crippen LogP contribution in [0, 0.1) is 17.0 Å². The topological polar surface area (TPSA) is 43.1 Å². The Hall–Kier alpha value is -0.610. The van der Waals surface area contributed by atoms with E-state index >= 15 is 0 Å². The quantitative estimate of drug-likeness (QED) is 0.466. The molecule has 3 nitrogen and oxygen atoms in total. The third kappa shape index (κ3) is 2.00. The lowest BCUT2D eigenvalue weighted by atomic mass is 10.1. The molecule has 0 aliphatic rings. The van der Waals surface area contributed by atoms with Crippen molar-refractivity contribution >= 4 is 33.2 Å². The van der Waals surface area contributed by atoms with Crippen LogP contribution in [0.3, 0.4) is 0 Å². The number of nitro groups is 1. The molecule has 0 fully saturated rings. The highest BCUT2D eigenvalue weighted by Crippen LogP contribution is 2.29. The van der Waals surface area contributed by atoms with Crippen molar-refractivity contribution in [1.29, 1.82) is 0 Å².